The van der Waals surface area contributed by atoms with E-state index < -0.39 is 51.9 Å². The van der Waals surface area contributed by atoms with Gasteiger partial charge in [-0.2, -0.15) is 4.31 Å². The number of anilines is 1. The van der Waals surface area contributed by atoms with Crippen LogP contribution in [0, 0.1) is 24.5 Å². The number of aliphatic hydroxyl groups excluding tert-OH is 1. The van der Waals surface area contributed by atoms with E-state index in [2.05, 4.69) is 5.32 Å². The van der Waals surface area contributed by atoms with Gasteiger partial charge in [0.05, 0.1) is 29.3 Å². The van der Waals surface area contributed by atoms with Gasteiger partial charge in [0.15, 0.2) is 17.7 Å². The lowest BCUT2D eigenvalue weighted by atomic mass is 10.0. The van der Waals surface area contributed by atoms with E-state index in [1.54, 1.807) is 37.3 Å². The van der Waals surface area contributed by atoms with Crippen LogP contribution in [0.4, 0.5) is 19.3 Å². The minimum Gasteiger partial charge on any atom is -0.434 e. The third-order valence-electron chi connectivity index (χ3n) is 7.00. The van der Waals surface area contributed by atoms with Crippen molar-refractivity contribution in [3.63, 3.8) is 0 Å². The summed E-state index contributed by atoms with van der Waals surface area (Å²) in [5.74, 6) is -3.03. The maximum absolute atomic E-state index is 13.8. The molecule has 2 amide bonds. The fourth-order valence-corrected chi connectivity index (χ4v) is 6.56. The van der Waals surface area contributed by atoms with Crippen LogP contribution in [0.15, 0.2) is 77.7 Å². The molecule has 43 heavy (non-hydrogen) atoms. The van der Waals surface area contributed by atoms with Crippen molar-refractivity contribution in [2.45, 2.75) is 50.3 Å². The van der Waals surface area contributed by atoms with Crippen LogP contribution in [0.25, 0.3) is 0 Å². The molecule has 0 aromatic heterocycles. The molecular weight excluding hydrogens is 580 g/mol. The van der Waals surface area contributed by atoms with E-state index >= 15 is 0 Å². The molecule has 0 aliphatic carbocycles. The molecule has 1 saturated heterocycles. The highest BCUT2D eigenvalue weighted by Gasteiger charge is 2.39. The molecule has 2 N–H and O–H groups in total. The van der Waals surface area contributed by atoms with Gasteiger partial charge in [-0.25, -0.2) is 22.0 Å². The Morgan fingerprint density at radius 2 is 1.77 bits per heavy atom. The van der Waals surface area contributed by atoms with E-state index in [4.69, 9.17) is 4.74 Å². The first-order valence-electron chi connectivity index (χ1n) is 13.9. The van der Waals surface area contributed by atoms with Crippen molar-refractivity contribution in [2.24, 2.45) is 5.92 Å². The number of amides is 2. The number of hydrogen-bond donors (Lipinski definition) is 2. The van der Waals surface area contributed by atoms with Crippen molar-refractivity contribution in [3.8, 4) is 0 Å². The minimum atomic E-state index is -3.99. The van der Waals surface area contributed by atoms with Gasteiger partial charge < -0.3 is 15.2 Å². The van der Waals surface area contributed by atoms with E-state index in [-0.39, 0.29) is 42.6 Å². The first kappa shape index (κ1) is 32.1. The minimum absolute atomic E-state index is 0.0192. The van der Waals surface area contributed by atoms with Gasteiger partial charge in [-0.05, 0) is 54.7 Å². The SMILES string of the molecule is Cc1cccc(S(=O)(=O)N(CC(C)C)C[C@@H](O)[C@H](Cc2ccccc2)NC(=O)[C@@H]2CN(c3ccc(F)c(F)c3)C(=O)O2)c1. The summed E-state index contributed by atoms with van der Waals surface area (Å²) in [5, 5.41) is 14.2. The van der Waals surface area contributed by atoms with Gasteiger partial charge in [0, 0.05) is 19.2 Å². The number of nitrogens with one attached hydrogen (secondary N) is 1. The number of cyclic esters (lactones) is 1. The molecule has 3 aromatic carbocycles. The Kier molecular flexibility index (Phi) is 10.2. The van der Waals surface area contributed by atoms with E-state index in [0.29, 0.717) is 0 Å². The van der Waals surface area contributed by atoms with Crippen molar-refractivity contribution < 1.29 is 36.6 Å². The number of halogens is 2. The molecule has 1 fully saturated rings. The quantitative estimate of drug-likeness (QED) is 0.318. The number of aryl methyl sites for hydroxylation is 1. The van der Waals surface area contributed by atoms with Gasteiger partial charge in [-0.3, -0.25) is 9.69 Å². The lowest BCUT2D eigenvalue weighted by Crippen LogP contribution is -2.53. The summed E-state index contributed by atoms with van der Waals surface area (Å²) in [6.07, 6.45) is -3.42. The highest BCUT2D eigenvalue weighted by atomic mass is 32.2. The zero-order valence-electron chi connectivity index (χ0n) is 24.1. The molecule has 0 spiro atoms. The number of carbonyl (C=O) groups excluding carboxylic acids is 2. The maximum Gasteiger partial charge on any atom is 0.415 e. The van der Waals surface area contributed by atoms with Gasteiger partial charge in [-0.15, -0.1) is 0 Å². The molecule has 0 saturated carbocycles. The highest BCUT2D eigenvalue weighted by Crippen LogP contribution is 2.24. The lowest BCUT2D eigenvalue weighted by molar-refractivity contribution is -0.129. The number of nitrogens with zero attached hydrogens (tertiary/aromatic N) is 2. The summed E-state index contributed by atoms with van der Waals surface area (Å²) in [7, 11) is -3.99. The Balaban J connectivity index is 1.55. The topological polar surface area (TPSA) is 116 Å². The van der Waals surface area contributed by atoms with Crippen molar-refractivity contribution in [1.82, 2.24) is 9.62 Å². The fraction of sp³-hybridized carbons (Fsp3) is 0.355. The third kappa shape index (κ3) is 7.95. The number of aliphatic hydroxyl groups is 1. The molecule has 0 radical (unpaired) electrons. The molecule has 12 heteroatoms. The average molecular weight is 616 g/mol. The van der Waals surface area contributed by atoms with E-state index in [1.165, 1.54) is 16.4 Å². The second-order valence-corrected chi connectivity index (χ2v) is 12.9. The predicted molar refractivity (Wildman–Crippen MR) is 157 cm³/mol. The molecule has 9 nitrogen and oxygen atoms in total. The summed E-state index contributed by atoms with van der Waals surface area (Å²) in [6, 6.07) is 17.4. The van der Waals surface area contributed by atoms with Crippen LogP contribution >= 0.6 is 0 Å². The van der Waals surface area contributed by atoms with Gasteiger partial charge in [-0.1, -0.05) is 56.3 Å². The van der Waals surface area contributed by atoms with Crippen LogP contribution in [0.5, 0.6) is 0 Å². The number of carbonyl (C=O) groups is 2. The van der Waals surface area contributed by atoms with Crippen LogP contribution in [-0.4, -0.2) is 67.7 Å². The molecule has 1 heterocycles. The summed E-state index contributed by atoms with van der Waals surface area (Å²) in [6.45, 7) is 5.06. The maximum atomic E-state index is 13.8. The molecule has 0 bridgehead atoms. The normalized spacial score (nSPS) is 16.8. The second-order valence-electron chi connectivity index (χ2n) is 11.0. The lowest BCUT2D eigenvalue weighted by Gasteiger charge is -2.31. The third-order valence-corrected chi connectivity index (χ3v) is 8.82. The Bertz CT molecular complexity index is 1550. The summed E-state index contributed by atoms with van der Waals surface area (Å²) >= 11 is 0. The van der Waals surface area contributed by atoms with Crippen molar-refractivity contribution >= 4 is 27.7 Å². The van der Waals surface area contributed by atoms with E-state index in [9.17, 15) is 31.9 Å². The zero-order chi connectivity index (χ0) is 31.3. The molecule has 3 aromatic rings. The average Bonchev–Trinajstić information content (AvgIpc) is 3.35. The first-order valence-corrected chi connectivity index (χ1v) is 15.3. The molecule has 0 unspecified atom stereocenters. The Labute approximate surface area is 250 Å². The summed E-state index contributed by atoms with van der Waals surface area (Å²) in [4.78, 5) is 26.9. The molecule has 3 atom stereocenters. The van der Waals surface area contributed by atoms with Gasteiger partial charge >= 0.3 is 6.09 Å². The highest BCUT2D eigenvalue weighted by molar-refractivity contribution is 7.89. The largest absolute Gasteiger partial charge is 0.434 e. The molecule has 1 aliphatic heterocycles. The standard InChI is InChI=1S/C31H35F2N3O6S/c1-20(2)17-35(43(40,41)24-11-7-8-21(3)14-24)18-28(37)27(15-22-9-5-4-6-10-22)34-30(38)29-19-36(31(39)42-29)23-12-13-25(32)26(33)16-23/h4-14,16,20,27-29,37H,15,17-19H2,1-3H3,(H,34,38)/t27-,28+,29-/m0/s1. The van der Waals surface area contributed by atoms with Gasteiger partial charge in [0.1, 0.15) is 0 Å². The van der Waals surface area contributed by atoms with E-state index in [1.807, 2.05) is 32.0 Å². The van der Waals surface area contributed by atoms with Crippen LogP contribution in [0.1, 0.15) is 25.0 Å². The smallest absolute Gasteiger partial charge is 0.415 e. The fourth-order valence-electron chi connectivity index (χ4n) is 4.83. The van der Waals surface area contributed by atoms with Crippen LogP contribution in [-0.2, 0) is 26.0 Å². The Morgan fingerprint density at radius 3 is 2.42 bits per heavy atom. The Morgan fingerprint density at radius 1 is 1.05 bits per heavy atom. The number of benzene rings is 3. The first-order chi connectivity index (χ1) is 20.3. The molecular formula is C31H35F2N3O6S. The van der Waals surface area contributed by atoms with Crippen molar-refractivity contribution in [3.05, 3.63) is 95.6 Å². The van der Waals surface area contributed by atoms with Crippen LogP contribution < -0.4 is 10.2 Å². The number of sulfonamides is 1. The molecule has 1 aliphatic rings. The van der Waals surface area contributed by atoms with Crippen molar-refractivity contribution in [2.75, 3.05) is 24.5 Å². The monoisotopic (exact) mass is 615 g/mol. The number of ether oxygens (including phenoxy) is 1. The summed E-state index contributed by atoms with van der Waals surface area (Å²) < 4.78 is 60.9. The predicted octanol–water partition coefficient (Wildman–Crippen LogP) is 4.03. The van der Waals surface area contributed by atoms with Crippen LogP contribution in [0.2, 0.25) is 0 Å². The molecule has 230 valence electrons. The molecule has 4 rings (SSSR count). The van der Waals surface area contributed by atoms with Gasteiger partial charge in [0.25, 0.3) is 5.91 Å². The second kappa shape index (κ2) is 13.6. The number of rotatable bonds is 12. The zero-order valence-corrected chi connectivity index (χ0v) is 24.9. The summed E-state index contributed by atoms with van der Waals surface area (Å²) in [5.41, 5.74) is 1.56. The van der Waals surface area contributed by atoms with E-state index in [0.717, 1.165) is 28.2 Å². The van der Waals surface area contributed by atoms with Crippen LogP contribution in [0.3, 0.4) is 0 Å². The number of hydrogen-bond acceptors (Lipinski definition) is 6. The van der Waals surface area contributed by atoms with Crippen molar-refractivity contribution in [1.29, 1.82) is 0 Å². The Hall–Kier alpha value is -3.87. The van der Waals surface area contributed by atoms with Gasteiger partial charge in [0.2, 0.25) is 10.0 Å².